The van der Waals surface area contributed by atoms with E-state index in [-0.39, 0.29) is 10.8 Å². The quantitative estimate of drug-likeness (QED) is 0.504. The van der Waals surface area contributed by atoms with Crippen LogP contribution in [0.3, 0.4) is 0 Å². The number of hydrogen-bond acceptors (Lipinski definition) is 4. The molecule has 0 amide bonds. The van der Waals surface area contributed by atoms with Crippen molar-refractivity contribution in [1.82, 2.24) is 9.97 Å². The molecule has 2 rings (SSSR count). The molecule has 1 unspecified atom stereocenters. The molecule has 2 aromatic rings. The van der Waals surface area contributed by atoms with Crippen LogP contribution in [0.1, 0.15) is 36.8 Å². The number of nitrogens with zero attached hydrogens (tertiary/aromatic N) is 1. The first-order valence-corrected chi connectivity index (χ1v) is 7.58. The number of benzene rings is 1. The van der Waals surface area contributed by atoms with Crippen molar-refractivity contribution in [2.24, 2.45) is 0 Å². The lowest BCUT2D eigenvalue weighted by molar-refractivity contribution is 0.813. The molecule has 0 saturated heterocycles. The van der Waals surface area contributed by atoms with Gasteiger partial charge >= 0.3 is 0 Å². The summed E-state index contributed by atoms with van der Waals surface area (Å²) in [5.41, 5.74) is 8.42. The van der Waals surface area contributed by atoms with E-state index in [9.17, 15) is 4.79 Å². The molecule has 1 aromatic heterocycles. The van der Waals surface area contributed by atoms with Crippen LogP contribution in [-0.4, -0.2) is 9.97 Å². The lowest BCUT2D eigenvalue weighted by Gasteiger charge is -2.12. The molecule has 106 valence electrons. The van der Waals surface area contributed by atoms with E-state index in [0.717, 1.165) is 29.8 Å². The number of aromatic amines is 1. The number of hydrogen-bond donors (Lipinski definition) is 2. The number of aromatic nitrogens is 2. The first kappa shape index (κ1) is 14.7. The van der Waals surface area contributed by atoms with Crippen molar-refractivity contribution in [1.29, 1.82) is 0 Å². The van der Waals surface area contributed by atoms with Gasteiger partial charge in [-0.3, -0.25) is 4.79 Å². The summed E-state index contributed by atoms with van der Waals surface area (Å²) in [6.45, 7) is 4.15. The zero-order valence-corrected chi connectivity index (χ0v) is 12.5. The highest BCUT2D eigenvalue weighted by Crippen LogP contribution is 2.32. The Labute approximate surface area is 122 Å². The maximum Gasteiger partial charge on any atom is 0.251 e. The van der Waals surface area contributed by atoms with Gasteiger partial charge in [0.25, 0.3) is 5.56 Å². The zero-order valence-electron chi connectivity index (χ0n) is 11.7. The Morgan fingerprint density at radius 2 is 2.20 bits per heavy atom. The van der Waals surface area contributed by atoms with Crippen LogP contribution in [0, 0.1) is 0 Å². The fourth-order valence-electron chi connectivity index (χ4n) is 1.97. The van der Waals surface area contributed by atoms with Crippen LogP contribution in [0.4, 0.5) is 5.69 Å². The molecule has 0 aliphatic carbocycles. The maximum absolute atomic E-state index is 11.6. The van der Waals surface area contributed by atoms with Crippen LogP contribution < -0.4 is 11.3 Å². The number of rotatable bonds is 5. The molecule has 3 N–H and O–H groups in total. The van der Waals surface area contributed by atoms with Gasteiger partial charge in [0.1, 0.15) is 0 Å². The van der Waals surface area contributed by atoms with Gasteiger partial charge in [0.15, 0.2) is 5.16 Å². The number of thioether (sulfide) groups is 1. The van der Waals surface area contributed by atoms with Crippen molar-refractivity contribution in [2.45, 2.75) is 37.1 Å². The van der Waals surface area contributed by atoms with Crippen molar-refractivity contribution in [3.05, 3.63) is 51.9 Å². The molecule has 0 bridgehead atoms. The summed E-state index contributed by atoms with van der Waals surface area (Å²) < 4.78 is 0. The highest BCUT2D eigenvalue weighted by molar-refractivity contribution is 7.99. The molecule has 0 saturated carbocycles. The third kappa shape index (κ3) is 3.87. The molecule has 0 fully saturated rings. The molecular weight excluding hydrogens is 270 g/mol. The zero-order chi connectivity index (χ0) is 14.5. The number of aryl methyl sites for hydroxylation is 1. The van der Waals surface area contributed by atoms with Crippen molar-refractivity contribution in [2.75, 3.05) is 5.73 Å². The number of nitrogens with one attached hydrogen (secondary N) is 1. The van der Waals surface area contributed by atoms with Crippen LogP contribution in [0.2, 0.25) is 0 Å². The second-order valence-corrected chi connectivity index (χ2v) is 6.05. The molecule has 0 spiro atoms. The van der Waals surface area contributed by atoms with E-state index < -0.39 is 0 Å². The van der Waals surface area contributed by atoms with Gasteiger partial charge in [-0.2, -0.15) is 0 Å². The Balaban J connectivity index is 2.19. The first-order valence-electron chi connectivity index (χ1n) is 6.71. The van der Waals surface area contributed by atoms with E-state index in [2.05, 4.69) is 23.8 Å². The molecule has 0 radical (unpaired) electrons. The van der Waals surface area contributed by atoms with E-state index in [0.29, 0.717) is 5.16 Å². The normalized spacial score (nSPS) is 12.3. The molecule has 20 heavy (non-hydrogen) atoms. The highest BCUT2D eigenvalue weighted by atomic mass is 32.2. The summed E-state index contributed by atoms with van der Waals surface area (Å²) >= 11 is 1.54. The molecular formula is C15H19N3OS. The van der Waals surface area contributed by atoms with Crippen molar-refractivity contribution < 1.29 is 0 Å². The fourth-order valence-corrected chi connectivity index (χ4v) is 2.92. The minimum atomic E-state index is -0.0919. The van der Waals surface area contributed by atoms with Gasteiger partial charge < -0.3 is 10.7 Å². The highest BCUT2D eigenvalue weighted by Gasteiger charge is 2.10. The number of nitrogen functional groups attached to an aromatic ring is 1. The molecule has 1 aromatic carbocycles. The Morgan fingerprint density at radius 3 is 2.90 bits per heavy atom. The van der Waals surface area contributed by atoms with E-state index in [1.807, 2.05) is 24.3 Å². The SMILES string of the molecule is CCCc1cc(=O)[nH]c(SC(C)c2cccc(N)c2)n1. The first-order chi connectivity index (χ1) is 9.58. The molecule has 0 aliphatic heterocycles. The van der Waals surface area contributed by atoms with Crippen molar-refractivity contribution >= 4 is 17.4 Å². The lowest BCUT2D eigenvalue weighted by Crippen LogP contribution is -2.10. The minimum absolute atomic E-state index is 0.0919. The van der Waals surface area contributed by atoms with Crippen LogP contribution >= 0.6 is 11.8 Å². The topological polar surface area (TPSA) is 71.8 Å². The molecule has 5 heteroatoms. The second-order valence-electron chi connectivity index (χ2n) is 4.72. The third-order valence-electron chi connectivity index (χ3n) is 2.95. The summed E-state index contributed by atoms with van der Waals surface area (Å²) in [4.78, 5) is 18.9. The standard InChI is InChI=1S/C15H19N3OS/c1-3-5-13-9-14(19)18-15(17-13)20-10(2)11-6-4-7-12(16)8-11/h4,6-10H,3,5,16H2,1-2H3,(H,17,18,19). The van der Waals surface area contributed by atoms with Gasteiger partial charge in [-0.15, -0.1) is 0 Å². The van der Waals surface area contributed by atoms with Gasteiger partial charge in [-0.1, -0.05) is 37.2 Å². The van der Waals surface area contributed by atoms with E-state index in [1.54, 1.807) is 6.07 Å². The van der Waals surface area contributed by atoms with Gasteiger partial charge in [-0.25, -0.2) is 4.98 Å². The molecule has 4 nitrogen and oxygen atoms in total. The smallest absolute Gasteiger partial charge is 0.251 e. The number of H-pyrrole nitrogens is 1. The largest absolute Gasteiger partial charge is 0.399 e. The Morgan fingerprint density at radius 1 is 1.40 bits per heavy atom. The number of nitrogens with two attached hydrogens (primary N) is 1. The van der Waals surface area contributed by atoms with E-state index in [1.165, 1.54) is 11.8 Å². The minimum Gasteiger partial charge on any atom is -0.399 e. The number of anilines is 1. The lowest BCUT2D eigenvalue weighted by atomic mass is 10.1. The second kappa shape index (κ2) is 6.61. The summed E-state index contributed by atoms with van der Waals surface area (Å²) in [5, 5.41) is 0.842. The Kier molecular flexibility index (Phi) is 4.84. The van der Waals surface area contributed by atoms with Crippen LogP contribution in [0.25, 0.3) is 0 Å². The Bertz CT molecular complexity index is 639. The van der Waals surface area contributed by atoms with Crippen LogP contribution in [0.15, 0.2) is 40.3 Å². The molecule has 1 heterocycles. The fraction of sp³-hybridized carbons (Fsp3) is 0.333. The monoisotopic (exact) mass is 289 g/mol. The van der Waals surface area contributed by atoms with Gasteiger partial charge in [0.05, 0.1) is 0 Å². The van der Waals surface area contributed by atoms with Crippen molar-refractivity contribution in [3.63, 3.8) is 0 Å². The van der Waals surface area contributed by atoms with Gasteiger partial charge in [0, 0.05) is 22.7 Å². The third-order valence-corrected chi connectivity index (χ3v) is 3.99. The average molecular weight is 289 g/mol. The molecule has 0 aliphatic rings. The van der Waals surface area contributed by atoms with Crippen molar-refractivity contribution in [3.8, 4) is 0 Å². The maximum atomic E-state index is 11.6. The summed E-state index contributed by atoms with van der Waals surface area (Å²) in [6.07, 6.45) is 1.80. The van der Waals surface area contributed by atoms with Gasteiger partial charge in [-0.05, 0) is 31.0 Å². The van der Waals surface area contributed by atoms with Gasteiger partial charge in [0.2, 0.25) is 0 Å². The predicted molar refractivity (Wildman–Crippen MR) is 84.0 cm³/mol. The summed E-state index contributed by atoms with van der Waals surface area (Å²) in [7, 11) is 0. The average Bonchev–Trinajstić information content (AvgIpc) is 2.38. The van der Waals surface area contributed by atoms with Crippen LogP contribution in [0.5, 0.6) is 0 Å². The summed E-state index contributed by atoms with van der Waals surface area (Å²) in [5.74, 6) is 0. The molecule has 1 atom stereocenters. The predicted octanol–water partition coefficient (Wildman–Crippen LogP) is 3.16. The van der Waals surface area contributed by atoms with E-state index >= 15 is 0 Å². The summed E-state index contributed by atoms with van der Waals surface area (Å²) in [6, 6.07) is 9.35. The van der Waals surface area contributed by atoms with E-state index in [4.69, 9.17) is 5.73 Å². The van der Waals surface area contributed by atoms with Crippen LogP contribution in [-0.2, 0) is 6.42 Å². The Hall–Kier alpha value is -1.75.